The molecule has 3 nitrogen and oxygen atoms in total. The van der Waals surface area contributed by atoms with E-state index < -0.39 is 17.7 Å². The van der Waals surface area contributed by atoms with Gasteiger partial charge in [0.15, 0.2) is 0 Å². The van der Waals surface area contributed by atoms with E-state index in [2.05, 4.69) is 5.32 Å². The van der Waals surface area contributed by atoms with Crippen LogP contribution in [0.15, 0.2) is 18.2 Å². The fourth-order valence-electron chi connectivity index (χ4n) is 2.91. The molecule has 0 aliphatic heterocycles. The first-order valence-electron chi connectivity index (χ1n) is 7.50. The Balaban J connectivity index is 2.04. The molecule has 0 aromatic heterocycles. The highest BCUT2D eigenvalue weighted by Crippen LogP contribution is 2.24. The van der Waals surface area contributed by atoms with Crippen LogP contribution in [-0.2, 0) is 4.79 Å². The van der Waals surface area contributed by atoms with Crippen LogP contribution in [-0.4, -0.2) is 11.9 Å². The van der Waals surface area contributed by atoms with Crippen LogP contribution in [0.4, 0.5) is 8.78 Å². The lowest BCUT2D eigenvalue weighted by Crippen LogP contribution is -2.42. The Morgan fingerprint density at radius 1 is 1.29 bits per heavy atom. The van der Waals surface area contributed by atoms with Crippen LogP contribution >= 0.6 is 0 Å². The quantitative estimate of drug-likeness (QED) is 0.842. The summed E-state index contributed by atoms with van der Waals surface area (Å²) in [4.78, 5) is 12.3. The van der Waals surface area contributed by atoms with Gasteiger partial charge in [-0.2, -0.15) is 0 Å². The van der Waals surface area contributed by atoms with Gasteiger partial charge in [0.1, 0.15) is 11.6 Å². The zero-order valence-corrected chi connectivity index (χ0v) is 12.2. The number of nitrogens with one attached hydrogen (secondary N) is 1. The third kappa shape index (κ3) is 4.00. The number of halogens is 2. The fourth-order valence-corrected chi connectivity index (χ4v) is 2.91. The minimum atomic E-state index is -0.645. The van der Waals surface area contributed by atoms with Gasteiger partial charge in [-0.25, -0.2) is 8.78 Å². The lowest BCUT2D eigenvalue weighted by molar-refractivity contribution is -0.126. The minimum absolute atomic E-state index is 0.138. The largest absolute Gasteiger partial charge is 0.349 e. The Labute approximate surface area is 123 Å². The van der Waals surface area contributed by atoms with Crippen molar-refractivity contribution in [3.8, 4) is 0 Å². The summed E-state index contributed by atoms with van der Waals surface area (Å²) in [5, 5.41) is 2.80. The number of hydrogen-bond donors (Lipinski definition) is 2. The van der Waals surface area contributed by atoms with Gasteiger partial charge >= 0.3 is 0 Å². The molecule has 1 aromatic rings. The fraction of sp³-hybridized carbons (Fsp3) is 0.562. The molecule has 5 heteroatoms. The van der Waals surface area contributed by atoms with Crippen molar-refractivity contribution in [1.29, 1.82) is 0 Å². The number of benzene rings is 1. The van der Waals surface area contributed by atoms with Gasteiger partial charge in [0.05, 0.1) is 12.0 Å². The first kappa shape index (κ1) is 15.9. The maximum atomic E-state index is 13.7. The molecule has 3 atom stereocenters. The van der Waals surface area contributed by atoms with E-state index in [0.717, 1.165) is 38.2 Å². The average Bonchev–Trinajstić information content (AvgIpc) is 2.63. The number of carbonyl (C=O) groups excluding carboxylic acids is 1. The molecule has 0 saturated heterocycles. The first-order chi connectivity index (χ1) is 9.99. The number of rotatable bonds is 3. The van der Waals surface area contributed by atoms with E-state index in [9.17, 15) is 13.6 Å². The summed E-state index contributed by atoms with van der Waals surface area (Å²) in [5.74, 6) is -1.63. The molecule has 0 spiro atoms. The molecule has 1 aliphatic rings. The summed E-state index contributed by atoms with van der Waals surface area (Å²) in [6.07, 6.45) is 4.75. The number of carbonyl (C=O) groups is 1. The van der Waals surface area contributed by atoms with Gasteiger partial charge in [-0.3, -0.25) is 4.79 Å². The van der Waals surface area contributed by atoms with Crippen LogP contribution in [0.5, 0.6) is 0 Å². The van der Waals surface area contributed by atoms with Crippen LogP contribution in [0.25, 0.3) is 0 Å². The van der Waals surface area contributed by atoms with E-state index >= 15 is 0 Å². The van der Waals surface area contributed by atoms with E-state index in [1.165, 1.54) is 12.1 Å². The van der Waals surface area contributed by atoms with Gasteiger partial charge < -0.3 is 11.1 Å². The van der Waals surface area contributed by atoms with Crippen molar-refractivity contribution in [3.63, 3.8) is 0 Å². The average molecular weight is 296 g/mol. The minimum Gasteiger partial charge on any atom is -0.349 e. The molecule has 2 rings (SSSR count). The van der Waals surface area contributed by atoms with Crippen LogP contribution in [0.3, 0.4) is 0 Å². The second-order valence-electron chi connectivity index (χ2n) is 5.80. The van der Waals surface area contributed by atoms with Gasteiger partial charge in [0, 0.05) is 17.7 Å². The summed E-state index contributed by atoms with van der Waals surface area (Å²) in [6, 6.07) is 2.74. The Bertz CT molecular complexity index is 507. The summed E-state index contributed by atoms with van der Waals surface area (Å²) in [7, 11) is 0. The van der Waals surface area contributed by atoms with Crippen LogP contribution < -0.4 is 11.1 Å². The summed E-state index contributed by atoms with van der Waals surface area (Å²) < 4.78 is 26.6. The molecule has 0 heterocycles. The molecule has 0 bridgehead atoms. The lowest BCUT2D eigenvalue weighted by atomic mass is 9.94. The summed E-state index contributed by atoms with van der Waals surface area (Å²) in [6.45, 7) is 1.69. The topological polar surface area (TPSA) is 55.1 Å². The van der Waals surface area contributed by atoms with Gasteiger partial charge in [-0.15, -0.1) is 0 Å². The Morgan fingerprint density at radius 3 is 2.71 bits per heavy atom. The molecule has 1 saturated carbocycles. The molecule has 116 valence electrons. The molecule has 0 radical (unpaired) electrons. The van der Waals surface area contributed by atoms with Crippen molar-refractivity contribution in [2.45, 2.75) is 51.1 Å². The Hall–Kier alpha value is -1.49. The normalized spacial score (nSPS) is 24.2. The Morgan fingerprint density at radius 2 is 2.00 bits per heavy atom. The molecule has 1 aromatic carbocycles. The SMILES string of the molecule is CC(NC(=O)C1CCCCCC1N)c1ccc(F)cc1F. The van der Waals surface area contributed by atoms with Crippen molar-refractivity contribution in [1.82, 2.24) is 5.32 Å². The van der Waals surface area contributed by atoms with E-state index in [1.54, 1.807) is 6.92 Å². The van der Waals surface area contributed by atoms with Crippen molar-refractivity contribution < 1.29 is 13.6 Å². The Kier molecular flexibility index (Phi) is 5.28. The van der Waals surface area contributed by atoms with Crippen LogP contribution in [0.2, 0.25) is 0 Å². The van der Waals surface area contributed by atoms with Gasteiger partial charge in [-0.05, 0) is 25.8 Å². The van der Waals surface area contributed by atoms with E-state index in [-0.39, 0.29) is 23.4 Å². The molecule has 3 unspecified atom stereocenters. The zero-order chi connectivity index (χ0) is 15.4. The third-order valence-electron chi connectivity index (χ3n) is 4.19. The smallest absolute Gasteiger partial charge is 0.225 e. The van der Waals surface area contributed by atoms with Crippen molar-refractivity contribution in [2.75, 3.05) is 0 Å². The highest BCUT2D eigenvalue weighted by atomic mass is 19.1. The van der Waals surface area contributed by atoms with E-state index in [4.69, 9.17) is 5.73 Å². The lowest BCUT2D eigenvalue weighted by Gasteiger charge is -2.23. The van der Waals surface area contributed by atoms with Crippen molar-refractivity contribution in [3.05, 3.63) is 35.4 Å². The maximum Gasteiger partial charge on any atom is 0.225 e. The van der Waals surface area contributed by atoms with Crippen LogP contribution in [0.1, 0.15) is 50.6 Å². The van der Waals surface area contributed by atoms with Gasteiger partial charge in [-0.1, -0.05) is 25.3 Å². The molecule has 3 N–H and O–H groups in total. The number of hydrogen-bond acceptors (Lipinski definition) is 2. The molecule has 1 aliphatic carbocycles. The molecule has 21 heavy (non-hydrogen) atoms. The van der Waals surface area contributed by atoms with Crippen molar-refractivity contribution >= 4 is 5.91 Å². The second kappa shape index (κ2) is 6.98. The molecular formula is C16H22F2N2O. The van der Waals surface area contributed by atoms with Crippen LogP contribution in [0, 0.1) is 17.6 Å². The number of nitrogens with two attached hydrogens (primary N) is 1. The first-order valence-corrected chi connectivity index (χ1v) is 7.50. The third-order valence-corrected chi connectivity index (χ3v) is 4.19. The van der Waals surface area contributed by atoms with Crippen molar-refractivity contribution in [2.24, 2.45) is 11.7 Å². The van der Waals surface area contributed by atoms with Gasteiger partial charge in [0.25, 0.3) is 0 Å². The highest BCUT2D eigenvalue weighted by molar-refractivity contribution is 5.79. The maximum absolute atomic E-state index is 13.7. The van der Waals surface area contributed by atoms with E-state index in [0.29, 0.717) is 0 Å². The predicted octanol–water partition coefficient (Wildman–Crippen LogP) is 3.05. The monoisotopic (exact) mass is 296 g/mol. The second-order valence-corrected chi connectivity index (χ2v) is 5.80. The summed E-state index contributed by atoms with van der Waals surface area (Å²) in [5.41, 5.74) is 6.34. The molecular weight excluding hydrogens is 274 g/mol. The molecule has 1 fully saturated rings. The standard InChI is InChI=1S/C16H22F2N2O/c1-10(12-8-7-11(17)9-14(12)18)20-16(21)13-5-3-2-4-6-15(13)19/h7-10,13,15H,2-6,19H2,1H3,(H,20,21). The number of amides is 1. The predicted molar refractivity (Wildman–Crippen MR) is 77.5 cm³/mol. The highest BCUT2D eigenvalue weighted by Gasteiger charge is 2.28. The van der Waals surface area contributed by atoms with E-state index in [1.807, 2.05) is 0 Å². The zero-order valence-electron chi connectivity index (χ0n) is 12.2. The summed E-state index contributed by atoms with van der Waals surface area (Å²) >= 11 is 0. The molecule has 1 amide bonds. The van der Waals surface area contributed by atoms with Gasteiger partial charge in [0.2, 0.25) is 5.91 Å².